The zero-order valence-electron chi connectivity index (χ0n) is 12.9. The van der Waals surface area contributed by atoms with Gasteiger partial charge in [-0.3, -0.25) is 0 Å². The first-order valence-corrected chi connectivity index (χ1v) is 9.69. The molecule has 0 aliphatic heterocycles. The predicted octanol–water partition coefficient (Wildman–Crippen LogP) is 7.45. The number of hydrogen-bond acceptors (Lipinski definition) is 2. The van der Waals surface area contributed by atoms with Gasteiger partial charge in [-0.15, -0.1) is 22.7 Å². The number of hydrogen-bond donors (Lipinski definition) is 0. The van der Waals surface area contributed by atoms with Crippen LogP contribution in [0, 0.1) is 0 Å². The van der Waals surface area contributed by atoms with Gasteiger partial charge in [-0.05, 0) is 67.7 Å². The predicted molar refractivity (Wildman–Crippen MR) is 108 cm³/mol. The normalized spacial score (nSPS) is 11.3. The van der Waals surface area contributed by atoms with Crippen LogP contribution in [0.2, 0.25) is 0 Å². The number of rotatable bonds is 2. The van der Waals surface area contributed by atoms with E-state index in [1.807, 2.05) is 0 Å². The highest BCUT2D eigenvalue weighted by atomic mass is 32.1. The Labute approximate surface area is 148 Å². The minimum Gasteiger partial charge on any atom is -0.144 e. The van der Waals surface area contributed by atoms with Crippen molar-refractivity contribution in [2.75, 3.05) is 0 Å². The average Bonchev–Trinajstić information content (AvgIpc) is 3.32. The van der Waals surface area contributed by atoms with Gasteiger partial charge in [-0.2, -0.15) is 0 Å². The van der Waals surface area contributed by atoms with Crippen molar-refractivity contribution in [1.29, 1.82) is 0 Å². The van der Waals surface area contributed by atoms with Crippen molar-refractivity contribution in [3.8, 4) is 20.9 Å². The van der Waals surface area contributed by atoms with Crippen molar-refractivity contribution in [2.24, 2.45) is 0 Å². The molecule has 24 heavy (non-hydrogen) atoms. The molecule has 0 saturated carbocycles. The van der Waals surface area contributed by atoms with Crippen molar-refractivity contribution < 1.29 is 0 Å². The maximum atomic E-state index is 2.34. The van der Waals surface area contributed by atoms with Crippen LogP contribution in [-0.4, -0.2) is 0 Å². The molecule has 0 bridgehead atoms. The molecule has 0 fully saturated rings. The van der Waals surface area contributed by atoms with Gasteiger partial charge in [-0.25, -0.2) is 0 Å². The van der Waals surface area contributed by atoms with Crippen LogP contribution >= 0.6 is 22.7 Å². The fourth-order valence-electron chi connectivity index (χ4n) is 3.33. The maximum Gasteiger partial charge on any atom is 0.0348 e. The van der Waals surface area contributed by atoms with E-state index in [9.17, 15) is 0 Å². The maximum absolute atomic E-state index is 2.34. The van der Waals surface area contributed by atoms with Gasteiger partial charge < -0.3 is 0 Å². The van der Waals surface area contributed by atoms with E-state index >= 15 is 0 Å². The SMILES string of the molecule is c1csc(-c2ccc(-c3cccs3)c3cc4ccccc4cc23)c1. The molecule has 0 N–H and O–H groups in total. The van der Waals surface area contributed by atoms with E-state index in [-0.39, 0.29) is 0 Å². The molecule has 5 aromatic rings. The summed E-state index contributed by atoms with van der Waals surface area (Å²) in [6.45, 7) is 0. The molecular formula is C22H14S2. The number of fused-ring (bicyclic) bond motifs is 2. The Hall–Kier alpha value is -2.42. The standard InChI is InChI=1S/C22H14S2/c1-2-6-16-14-20-18(22-8-4-12-24-22)10-9-17(21-7-3-11-23-21)19(20)13-15(16)5-1/h1-14H. The highest BCUT2D eigenvalue weighted by Crippen LogP contribution is 2.40. The summed E-state index contributed by atoms with van der Waals surface area (Å²) in [6, 6.07) is 26.5. The number of thiophene rings is 2. The summed E-state index contributed by atoms with van der Waals surface area (Å²) in [6.07, 6.45) is 0. The Morgan fingerprint density at radius 1 is 0.500 bits per heavy atom. The molecule has 0 unspecified atom stereocenters. The smallest absolute Gasteiger partial charge is 0.0348 e. The van der Waals surface area contributed by atoms with Gasteiger partial charge in [0.15, 0.2) is 0 Å². The van der Waals surface area contributed by atoms with Gasteiger partial charge in [0, 0.05) is 9.75 Å². The van der Waals surface area contributed by atoms with E-state index < -0.39 is 0 Å². The molecule has 2 aromatic heterocycles. The van der Waals surface area contributed by atoms with Crippen LogP contribution < -0.4 is 0 Å². The molecule has 0 radical (unpaired) electrons. The Morgan fingerprint density at radius 2 is 1.00 bits per heavy atom. The quantitative estimate of drug-likeness (QED) is 0.292. The van der Waals surface area contributed by atoms with Crippen LogP contribution in [0.15, 0.2) is 83.6 Å². The van der Waals surface area contributed by atoms with Gasteiger partial charge in [0.25, 0.3) is 0 Å². The van der Waals surface area contributed by atoms with E-state index in [1.165, 1.54) is 42.4 Å². The van der Waals surface area contributed by atoms with Gasteiger partial charge in [-0.1, -0.05) is 48.5 Å². The fourth-order valence-corrected chi connectivity index (χ4v) is 4.86. The Bertz CT molecular complexity index is 1040. The topological polar surface area (TPSA) is 0 Å². The van der Waals surface area contributed by atoms with E-state index in [0.29, 0.717) is 0 Å². The number of benzene rings is 3. The molecule has 0 saturated heterocycles. The van der Waals surface area contributed by atoms with Gasteiger partial charge in [0.2, 0.25) is 0 Å². The van der Waals surface area contributed by atoms with Crippen molar-refractivity contribution >= 4 is 44.2 Å². The van der Waals surface area contributed by atoms with E-state index in [1.54, 1.807) is 22.7 Å². The molecule has 5 rings (SSSR count). The van der Waals surface area contributed by atoms with Gasteiger partial charge in [0.1, 0.15) is 0 Å². The van der Waals surface area contributed by atoms with Crippen LogP contribution in [0.5, 0.6) is 0 Å². The third-order valence-corrected chi connectivity index (χ3v) is 6.26. The van der Waals surface area contributed by atoms with Crippen molar-refractivity contribution in [2.45, 2.75) is 0 Å². The lowest BCUT2D eigenvalue weighted by Crippen LogP contribution is -1.84. The van der Waals surface area contributed by atoms with Crippen molar-refractivity contribution in [3.05, 3.63) is 83.6 Å². The molecule has 0 aliphatic rings. The summed E-state index contributed by atoms with van der Waals surface area (Å²) in [5, 5.41) is 9.56. The lowest BCUT2D eigenvalue weighted by molar-refractivity contribution is 1.74. The molecule has 0 amide bonds. The Balaban J connectivity index is 1.93. The molecular weight excluding hydrogens is 328 g/mol. The minimum absolute atomic E-state index is 1.30. The largest absolute Gasteiger partial charge is 0.144 e. The molecule has 0 spiro atoms. The monoisotopic (exact) mass is 342 g/mol. The summed E-state index contributed by atoms with van der Waals surface area (Å²) in [5.41, 5.74) is 2.65. The molecule has 2 heterocycles. The Morgan fingerprint density at radius 3 is 1.42 bits per heavy atom. The lowest BCUT2D eigenvalue weighted by Gasteiger charge is -2.11. The van der Waals surface area contributed by atoms with Gasteiger partial charge in [0.05, 0.1) is 0 Å². The zero-order valence-corrected chi connectivity index (χ0v) is 14.5. The van der Waals surface area contributed by atoms with Crippen LogP contribution in [0.25, 0.3) is 42.4 Å². The summed E-state index contributed by atoms with van der Waals surface area (Å²) in [7, 11) is 0. The highest BCUT2D eigenvalue weighted by molar-refractivity contribution is 7.14. The average molecular weight is 342 g/mol. The second kappa shape index (κ2) is 5.59. The minimum atomic E-state index is 1.30. The summed E-state index contributed by atoms with van der Waals surface area (Å²) in [5.74, 6) is 0. The van der Waals surface area contributed by atoms with E-state index in [4.69, 9.17) is 0 Å². The third-order valence-electron chi connectivity index (χ3n) is 4.46. The van der Waals surface area contributed by atoms with E-state index in [0.717, 1.165) is 0 Å². The van der Waals surface area contributed by atoms with Crippen LogP contribution in [-0.2, 0) is 0 Å². The molecule has 2 heteroatoms. The van der Waals surface area contributed by atoms with Crippen molar-refractivity contribution in [3.63, 3.8) is 0 Å². The van der Waals surface area contributed by atoms with Crippen LogP contribution in [0.4, 0.5) is 0 Å². The first kappa shape index (κ1) is 14.0. The zero-order chi connectivity index (χ0) is 15.9. The second-order valence-electron chi connectivity index (χ2n) is 5.86. The summed E-state index contributed by atoms with van der Waals surface area (Å²) in [4.78, 5) is 2.65. The molecule has 3 aromatic carbocycles. The van der Waals surface area contributed by atoms with Gasteiger partial charge >= 0.3 is 0 Å². The molecule has 0 atom stereocenters. The van der Waals surface area contributed by atoms with Crippen LogP contribution in [0.3, 0.4) is 0 Å². The Kier molecular flexibility index (Phi) is 3.25. The van der Waals surface area contributed by atoms with E-state index in [2.05, 4.69) is 83.6 Å². The second-order valence-corrected chi connectivity index (χ2v) is 7.76. The summed E-state index contributed by atoms with van der Waals surface area (Å²) >= 11 is 3.60. The molecule has 0 aliphatic carbocycles. The first-order valence-electron chi connectivity index (χ1n) is 7.93. The first-order chi connectivity index (χ1) is 11.9. The lowest BCUT2D eigenvalue weighted by atomic mass is 9.94. The molecule has 0 nitrogen and oxygen atoms in total. The highest BCUT2D eigenvalue weighted by Gasteiger charge is 2.11. The molecule has 114 valence electrons. The summed E-state index contributed by atoms with van der Waals surface area (Å²) < 4.78 is 0. The van der Waals surface area contributed by atoms with Crippen LogP contribution in [0.1, 0.15) is 0 Å². The fraction of sp³-hybridized carbons (Fsp3) is 0. The van der Waals surface area contributed by atoms with Crippen molar-refractivity contribution in [1.82, 2.24) is 0 Å². The third kappa shape index (κ3) is 2.19.